The van der Waals surface area contributed by atoms with E-state index in [1.165, 1.54) is 5.57 Å². The maximum atomic E-state index is 14.1. The molecule has 1 spiro atoms. The molecule has 0 saturated carbocycles. The van der Waals surface area contributed by atoms with Gasteiger partial charge in [0.2, 0.25) is 0 Å². The van der Waals surface area contributed by atoms with Gasteiger partial charge in [-0.05, 0) is 62.2 Å². The lowest BCUT2D eigenvalue weighted by molar-refractivity contribution is -0.342. The Balaban J connectivity index is 1.52. The zero-order chi connectivity index (χ0) is 32.7. The highest BCUT2D eigenvalue weighted by atomic mass is 16.7. The van der Waals surface area contributed by atoms with Crippen LogP contribution in [0.25, 0.3) is 0 Å². The van der Waals surface area contributed by atoms with Crippen molar-refractivity contribution < 1.29 is 39.1 Å². The number of fused-ring (bicyclic) bond motifs is 2. The Bertz CT molecular complexity index is 1260. The summed E-state index contributed by atoms with van der Waals surface area (Å²) in [4.78, 5) is 14.1. The molecule has 3 N–H and O–H groups in total. The summed E-state index contributed by atoms with van der Waals surface area (Å²) in [5.41, 5.74) is 1.66. The maximum absolute atomic E-state index is 14.1. The molecular weight excluding hydrogens is 572 g/mol. The fourth-order valence-electron chi connectivity index (χ4n) is 7.89. The van der Waals surface area contributed by atoms with Gasteiger partial charge in [-0.25, -0.2) is 0 Å². The molecule has 250 valence electrons. The van der Waals surface area contributed by atoms with Crippen molar-refractivity contribution in [2.75, 3.05) is 6.61 Å². The highest BCUT2D eigenvalue weighted by Gasteiger charge is 2.60. The molecule has 1 aliphatic carbocycles. The molecule has 1 unspecified atom stereocenters. The first-order valence-corrected chi connectivity index (χ1v) is 16.9. The van der Waals surface area contributed by atoms with Gasteiger partial charge in [0.15, 0.2) is 5.79 Å². The molecule has 12 atom stereocenters. The Morgan fingerprint density at radius 1 is 1.16 bits per heavy atom. The fraction of sp³-hybridized carbons (Fsp3) is 0.703. The van der Waals surface area contributed by atoms with E-state index in [0.29, 0.717) is 29.9 Å². The van der Waals surface area contributed by atoms with E-state index in [-0.39, 0.29) is 43.5 Å². The number of aliphatic hydroxyl groups is 3. The fourth-order valence-corrected chi connectivity index (χ4v) is 7.89. The van der Waals surface area contributed by atoms with Crippen LogP contribution in [0.15, 0.2) is 58.7 Å². The van der Waals surface area contributed by atoms with Crippen LogP contribution in [0.4, 0.5) is 0 Å². The van der Waals surface area contributed by atoms with E-state index in [1.54, 1.807) is 13.0 Å². The summed E-state index contributed by atoms with van der Waals surface area (Å²) in [6.07, 6.45) is 11.5. The van der Waals surface area contributed by atoms with Crippen LogP contribution in [-0.4, -0.2) is 75.9 Å². The van der Waals surface area contributed by atoms with Crippen LogP contribution in [0.3, 0.4) is 0 Å². The van der Waals surface area contributed by atoms with Crippen molar-refractivity contribution in [3.63, 3.8) is 0 Å². The van der Waals surface area contributed by atoms with Gasteiger partial charge in [0.25, 0.3) is 0 Å². The van der Waals surface area contributed by atoms with Crippen molar-refractivity contribution >= 4 is 5.97 Å². The largest absolute Gasteiger partial charge is 0.462 e. The summed E-state index contributed by atoms with van der Waals surface area (Å²) < 4.78 is 25.8. The standard InChI is InChI=1S/C37H54O8/c1-8-21(2)15-25(6)33-26(7)31(38)19-36(45-33)18-29-17-28(44-36)13-12-23(4)14-22(3)10-9-11-27-20-42-34-32(39)24(5)16-30(35(40)43-29)37(27,34)41/h9-12,15-16,21-22,26,28-34,38-39,41H,8,13-14,17-20H2,1-7H3/b10-9+,23-12+,25-15+,27-11+/t21?,22-,26-,28+,29-,30-,31-,32+,33+,34+,36-,37+/m0/s1. The Labute approximate surface area is 268 Å². The first-order chi connectivity index (χ1) is 21.3. The third-order valence-electron chi connectivity index (χ3n) is 10.7. The molecular formula is C37H54O8. The van der Waals surface area contributed by atoms with Crippen molar-refractivity contribution in [2.24, 2.45) is 23.7 Å². The number of allylic oxidation sites excluding steroid dienone is 5. The lowest BCUT2D eigenvalue weighted by atomic mass is 9.71. The molecule has 2 bridgehead atoms. The van der Waals surface area contributed by atoms with E-state index in [4.69, 9.17) is 18.9 Å². The van der Waals surface area contributed by atoms with Crippen molar-refractivity contribution in [3.8, 4) is 0 Å². The summed E-state index contributed by atoms with van der Waals surface area (Å²) in [5.74, 6) is -2.26. The minimum atomic E-state index is -1.74. The highest BCUT2D eigenvalue weighted by Crippen LogP contribution is 2.48. The summed E-state index contributed by atoms with van der Waals surface area (Å²) in [5, 5.41) is 34.4. The molecule has 4 heterocycles. The van der Waals surface area contributed by atoms with Gasteiger partial charge in [-0.2, -0.15) is 0 Å². The van der Waals surface area contributed by atoms with Gasteiger partial charge in [0, 0.05) is 25.2 Å². The van der Waals surface area contributed by atoms with E-state index in [0.717, 1.165) is 18.4 Å². The van der Waals surface area contributed by atoms with Crippen molar-refractivity contribution in [3.05, 3.63) is 58.7 Å². The Morgan fingerprint density at radius 3 is 2.64 bits per heavy atom. The maximum Gasteiger partial charge on any atom is 0.316 e. The number of hydrogen-bond donors (Lipinski definition) is 3. The second-order valence-corrected chi connectivity index (χ2v) is 14.5. The number of ether oxygens (including phenoxy) is 4. The number of esters is 1. The van der Waals surface area contributed by atoms with E-state index in [9.17, 15) is 20.1 Å². The van der Waals surface area contributed by atoms with E-state index in [1.807, 2.05) is 19.1 Å². The normalized spacial score (nSPS) is 46.6. The smallest absolute Gasteiger partial charge is 0.316 e. The van der Waals surface area contributed by atoms with Crippen molar-refractivity contribution in [1.82, 2.24) is 0 Å². The van der Waals surface area contributed by atoms with Crippen LogP contribution < -0.4 is 0 Å². The van der Waals surface area contributed by atoms with Gasteiger partial charge in [0.05, 0.1) is 24.9 Å². The minimum absolute atomic E-state index is 0.109. The second-order valence-electron chi connectivity index (χ2n) is 14.5. The van der Waals surface area contributed by atoms with Crippen LogP contribution >= 0.6 is 0 Å². The van der Waals surface area contributed by atoms with E-state index < -0.39 is 47.7 Å². The molecule has 5 rings (SSSR count). The summed E-state index contributed by atoms with van der Waals surface area (Å²) in [6.45, 7) is 14.5. The quantitative estimate of drug-likeness (QED) is 0.279. The molecule has 0 radical (unpaired) electrons. The molecule has 0 aromatic carbocycles. The van der Waals surface area contributed by atoms with Gasteiger partial charge >= 0.3 is 5.97 Å². The lowest BCUT2D eigenvalue weighted by Crippen LogP contribution is -2.59. The Hall–Kier alpha value is -2.07. The molecule has 0 amide bonds. The zero-order valence-electron chi connectivity index (χ0n) is 28.1. The number of carbonyl (C=O) groups excluding carboxylic acids is 1. The van der Waals surface area contributed by atoms with Crippen LogP contribution in [0.1, 0.15) is 87.0 Å². The number of rotatable bonds is 3. The molecule has 45 heavy (non-hydrogen) atoms. The molecule has 5 aliphatic rings. The second kappa shape index (κ2) is 13.6. The van der Waals surface area contributed by atoms with Crippen molar-refractivity contribution in [1.29, 1.82) is 0 Å². The molecule has 0 aromatic heterocycles. The monoisotopic (exact) mass is 626 g/mol. The summed E-state index contributed by atoms with van der Waals surface area (Å²) in [7, 11) is 0. The van der Waals surface area contributed by atoms with Crippen molar-refractivity contribution in [2.45, 2.75) is 135 Å². The van der Waals surface area contributed by atoms with Gasteiger partial charge in [-0.15, -0.1) is 0 Å². The van der Waals surface area contributed by atoms with E-state index in [2.05, 4.69) is 52.8 Å². The predicted molar refractivity (Wildman–Crippen MR) is 172 cm³/mol. The molecule has 3 saturated heterocycles. The molecule has 4 aliphatic heterocycles. The van der Waals surface area contributed by atoms with Gasteiger partial charge in [-0.1, -0.05) is 76.1 Å². The van der Waals surface area contributed by atoms with Crippen LogP contribution in [0, 0.1) is 23.7 Å². The van der Waals surface area contributed by atoms with Gasteiger partial charge in [-0.3, -0.25) is 4.79 Å². The lowest BCUT2D eigenvalue weighted by Gasteiger charge is -2.51. The molecule has 3 fully saturated rings. The van der Waals surface area contributed by atoms with Gasteiger partial charge in [0.1, 0.15) is 29.8 Å². The predicted octanol–water partition coefficient (Wildman–Crippen LogP) is 5.48. The topological polar surface area (TPSA) is 115 Å². The first kappa shape index (κ1) is 34.3. The third-order valence-corrected chi connectivity index (χ3v) is 10.7. The average Bonchev–Trinajstić information content (AvgIpc) is 3.31. The number of hydrogen-bond acceptors (Lipinski definition) is 8. The van der Waals surface area contributed by atoms with Gasteiger partial charge < -0.3 is 34.3 Å². The SMILES string of the molecule is CCC(C)/C=C(\C)[C@H]1O[C@@]2(C[C@@H]3C[C@@H](C/C=C(\C)C[C@@H](C)/C=C/C=C4\CO[C@@H]5[C@H](O)C(C)=C[C@@H](C(=O)O3)[C@]45O)O2)C[C@H](O)[C@@H]1C. The molecule has 8 heteroatoms. The number of carbonyl (C=O) groups is 1. The minimum Gasteiger partial charge on any atom is -0.462 e. The Kier molecular flexibility index (Phi) is 10.3. The molecule has 8 nitrogen and oxygen atoms in total. The van der Waals surface area contributed by atoms with Crippen LogP contribution in [0.2, 0.25) is 0 Å². The Morgan fingerprint density at radius 2 is 1.91 bits per heavy atom. The summed E-state index contributed by atoms with van der Waals surface area (Å²) in [6, 6.07) is 0. The third kappa shape index (κ3) is 6.97. The number of aliphatic hydroxyl groups excluding tert-OH is 2. The highest BCUT2D eigenvalue weighted by molar-refractivity contribution is 5.78. The first-order valence-electron chi connectivity index (χ1n) is 16.9. The van der Waals surface area contributed by atoms with E-state index >= 15 is 0 Å². The zero-order valence-corrected chi connectivity index (χ0v) is 28.1. The van der Waals surface area contributed by atoms with Crippen LogP contribution in [-0.2, 0) is 23.7 Å². The van der Waals surface area contributed by atoms with Crippen LogP contribution in [0.5, 0.6) is 0 Å². The molecule has 0 aromatic rings. The summed E-state index contributed by atoms with van der Waals surface area (Å²) >= 11 is 0. The average molecular weight is 627 g/mol.